The van der Waals surface area contributed by atoms with Crippen molar-refractivity contribution < 1.29 is 9.59 Å². The number of rotatable bonds is 5. The highest BCUT2D eigenvalue weighted by Gasteiger charge is 2.10. The predicted molar refractivity (Wildman–Crippen MR) is 66.5 cm³/mol. The molecule has 0 saturated heterocycles. The number of nitrogens with one attached hydrogen (secondary N) is 1. The average Bonchev–Trinajstić information content (AvgIpc) is 2.27. The van der Waals surface area contributed by atoms with E-state index in [4.69, 9.17) is 11.5 Å². The van der Waals surface area contributed by atoms with Gasteiger partial charge in [-0.05, 0) is 25.5 Å². The van der Waals surface area contributed by atoms with Gasteiger partial charge in [0.25, 0.3) is 5.91 Å². The minimum absolute atomic E-state index is 0.0212. The Hall–Kier alpha value is -1.88. The molecule has 0 aliphatic rings. The number of nitrogens with two attached hydrogens (primary N) is 2. The molecule has 2 amide bonds. The molecule has 1 atom stereocenters. The first kappa shape index (κ1) is 13.2. The van der Waals surface area contributed by atoms with Crippen LogP contribution in [0.25, 0.3) is 0 Å². The Morgan fingerprint density at radius 2 is 2.00 bits per heavy atom. The Morgan fingerprint density at radius 1 is 1.35 bits per heavy atom. The molecule has 1 rings (SSSR count). The summed E-state index contributed by atoms with van der Waals surface area (Å²) >= 11 is 0. The summed E-state index contributed by atoms with van der Waals surface area (Å²) in [5.74, 6) is -0.732. The summed E-state index contributed by atoms with van der Waals surface area (Å²) in [6.07, 6.45) is 0.926. The van der Waals surface area contributed by atoms with Gasteiger partial charge in [0.1, 0.15) is 0 Å². The summed E-state index contributed by atoms with van der Waals surface area (Å²) in [6, 6.07) is 6.62. The van der Waals surface area contributed by atoms with Gasteiger partial charge in [0.15, 0.2) is 0 Å². The van der Waals surface area contributed by atoms with Gasteiger partial charge >= 0.3 is 0 Å². The summed E-state index contributed by atoms with van der Waals surface area (Å²) < 4.78 is 0. The SMILES string of the molecule is CC(N)CCC(=O)Nc1ccccc1C(N)=O. The number of hydrogen-bond donors (Lipinski definition) is 3. The maximum absolute atomic E-state index is 11.6. The van der Waals surface area contributed by atoms with Gasteiger partial charge < -0.3 is 16.8 Å². The van der Waals surface area contributed by atoms with E-state index >= 15 is 0 Å². The van der Waals surface area contributed by atoms with Crippen LogP contribution in [-0.2, 0) is 4.79 Å². The molecule has 0 saturated carbocycles. The summed E-state index contributed by atoms with van der Waals surface area (Å²) in [6.45, 7) is 1.84. The lowest BCUT2D eigenvalue weighted by Crippen LogP contribution is -2.21. The maximum atomic E-state index is 11.6. The van der Waals surface area contributed by atoms with Gasteiger partial charge in [0.05, 0.1) is 11.3 Å². The van der Waals surface area contributed by atoms with E-state index in [0.29, 0.717) is 24.1 Å². The fourth-order valence-electron chi connectivity index (χ4n) is 1.38. The first-order chi connectivity index (χ1) is 8.00. The van der Waals surface area contributed by atoms with Crippen molar-refractivity contribution >= 4 is 17.5 Å². The summed E-state index contributed by atoms with van der Waals surface area (Å²) in [7, 11) is 0. The molecule has 0 aromatic heterocycles. The fourth-order valence-corrected chi connectivity index (χ4v) is 1.38. The zero-order chi connectivity index (χ0) is 12.8. The van der Waals surface area contributed by atoms with Gasteiger partial charge in [-0.25, -0.2) is 0 Å². The zero-order valence-corrected chi connectivity index (χ0v) is 9.77. The number of para-hydroxylation sites is 1. The lowest BCUT2D eigenvalue weighted by Gasteiger charge is -2.09. The van der Waals surface area contributed by atoms with E-state index in [1.54, 1.807) is 24.3 Å². The van der Waals surface area contributed by atoms with E-state index in [9.17, 15) is 9.59 Å². The molecule has 0 fully saturated rings. The highest BCUT2D eigenvalue weighted by Crippen LogP contribution is 2.14. The largest absolute Gasteiger partial charge is 0.366 e. The monoisotopic (exact) mass is 235 g/mol. The molecule has 5 nitrogen and oxygen atoms in total. The Morgan fingerprint density at radius 3 is 2.59 bits per heavy atom. The van der Waals surface area contributed by atoms with Crippen LogP contribution < -0.4 is 16.8 Å². The first-order valence-electron chi connectivity index (χ1n) is 5.45. The summed E-state index contributed by atoms with van der Waals surface area (Å²) in [5.41, 5.74) is 11.5. The van der Waals surface area contributed by atoms with E-state index in [2.05, 4.69) is 5.32 Å². The van der Waals surface area contributed by atoms with Crippen LogP contribution in [0.1, 0.15) is 30.1 Å². The molecular formula is C12H17N3O2. The van der Waals surface area contributed by atoms with Crippen LogP contribution in [0.4, 0.5) is 5.69 Å². The topological polar surface area (TPSA) is 98.2 Å². The number of anilines is 1. The van der Waals surface area contributed by atoms with Crippen molar-refractivity contribution in [3.05, 3.63) is 29.8 Å². The van der Waals surface area contributed by atoms with Gasteiger partial charge in [-0.1, -0.05) is 12.1 Å². The third kappa shape index (κ3) is 4.24. The molecule has 5 N–H and O–H groups in total. The lowest BCUT2D eigenvalue weighted by atomic mass is 10.1. The Balaban J connectivity index is 2.68. The van der Waals surface area contributed by atoms with E-state index in [-0.39, 0.29) is 11.9 Å². The van der Waals surface area contributed by atoms with Crippen LogP contribution in [-0.4, -0.2) is 17.9 Å². The minimum atomic E-state index is -0.562. The van der Waals surface area contributed by atoms with Crippen molar-refractivity contribution in [1.29, 1.82) is 0 Å². The second kappa shape index (κ2) is 6.00. The van der Waals surface area contributed by atoms with Crippen molar-refractivity contribution in [2.24, 2.45) is 11.5 Å². The zero-order valence-electron chi connectivity index (χ0n) is 9.77. The van der Waals surface area contributed by atoms with Crippen molar-refractivity contribution in [3.8, 4) is 0 Å². The van der Waals surface area contributed by atoms with Crippen molar-refractivity contribution in [2.75, 3.05) is 5.32 Å². The second-order valence-electron chi connectivity index (χ2n) is 3.97. The van der Waals surface area contributed by atoms with E-state index in [1.807, 2.05) is 6.92 Å². The lowest BCUT2D eigenvalue weighted by molar-refractivity contribution is -0.116. The van der Waals surface area contributed by atoms with Crippen LogP contribution in [0.2, 0.25) is 0 Å². The molecule has 1 aromatic carbocycles. The van der Waals surface area contributed by atoms with E-state index in [0.717, 1.165) is 0 Å². The highest BCUT2D eigenvalue weighted by molar-refractivity contribution is 6.02. The molecule has 92 valence electrons. The Labute approximate surface area is 100 Å². The van der Waals surface area contributed by atoms with Crippen molar-refractivity contribution in [2.45, 2.75) is 25.8 Å². The fraction of sp³-hybridized carbons (Fsp3) is 0.333. The van der Waals surface area contributed by atoms with Crippen LogP contribution >= 0.6 is 0 Å². The number of amides is 2. The molecule has 0 bridgehead atoms. The van der Waals surface area contributed by atoms with E-state index in [1.165, 1.54) is 0 Å². The molecule has 1 aromatic rings. The number of carbonyl (C=O) groups is 2. The predicted octanol–water partition coefficient (Wildman–Crippen LogP) is 0.851. The molecular weight excluding hydrogens is 218 g/mol. The number of hydrogen-bond acceptors (Lipinski definition) is 3. The van der Waals surface area contributed by atoms with Gasteiger partial charge in [0, 0.05) is 12.5 Å². The van der Waals surface area contributed by atoms with Crippen LogP contribution in [0, 0.1) is 0 Å². The van der Waals surface area contributed by atoms with Gasteiger partial charge in [-0.3, -0.25) is 9.59 Å². The first-order valence-corrected chi connectivity index (χ1v) is 5.45. The molecule has 0 heterocycles. The van der Waals surface area contributed by atoms with Gasteiger partial charge in [-0.15, -0.1) is 0 Å². The smallest absolute Gasteiger partial charge is 0.250 e. The molecule has 5 heteroatoms. The van der Waals surface area contributed by atoms with Crippen LogP contribution in [0.3, 0.4) is 0 Å². The Kier molecular flexibility index (Phi) is 4.66. The highest BCUT2D eigenvalue weighted by atomic mass is 16.2. The molecule has 0 spiro atoms. The number of carbonyl (C=O) groups excluding carboxylic acids is 2. The standard InChI is InChI=1S/C12H17N3O2/c1-8(13)6-7-11(16)15-10-5-3-2-4-9(10)12(14)17/h2-5,8H,6-7,13H2,1H3,(H2,14,17)(H,15,16). The summed E-state index contributed by atoms with van der Waals surface area (Å²) in [4.78, 5) is 22.7. The number of benzene rings is 1. The average molecular weight is 235 g/mol. The number of primary amides is 1. The minimum Gasteiger partial charge on any atom is -0.366 e. The molecule has 1 unspecified atom stereocenters. The van der Waals surface area contributed by atoms with Crippen LogP contribution in [0.5, 0.6) is 0 Å². The second-order valence-corrected chi connectivity index (χ2v) is 3.97. The molecule has 0 aliphatic heterocycles. The molecule has 17 heavy (non-hydrogen) atoms. The quantitative estimate of drug-likeness (QED) is 0.705. The third-order valence-electron chi connectivity index (χ3n) is 2.29. The molecule has 0 radical (unpaired) electrons. The maximum Gasteiger partial charge on any atom is 0.250 e. The van der Waals surface area contributed by atoms with Crippen molar-refractivity contribution in [1.82, 2.24) is 0 Å². The van der Waals surface area contributed by atoms with Crippen LogP contribution in [0.15, 0.2) is 24.3 Å². The van der Waals surface area contributed by atoms with Gasteiger partial charge in [-0.2, -0.15) is 0 Å². The molecule has 0 aliphatic carbocycles. The Bertz CT molecular complexity index is 416. The normalized spacial score (nSPS) is 11.9. The van der Waals surface area contributed by atoms with Gasteiger partial charge in [0.2, 0.25) is 5.91 Å². The summed E-state index contributed by atoms with van der Waals surface area (Å²) in [5, 5.41) is 2.65. The van der Waals surface area contributed by atoms with Crippen molar-refractivity contribution in [3.63, 3.8) is 0 Å². The van der Waals surface area contributed by atoms with E-state index < -0.39 is 5.91 Å². The third-order valence-corrected chi connectivity index (χ3v) is 2.29.